The molecule has 1 aromatic carbocycles. The Kier molecular flexibility index (Phi) is 3.99. The molecule has 5 heteroatoms. The number of ether oxygens (including phenoxy) is 1. The molecule has 4 nitrogen and oxygen atoms in total. The van der Waals surface area contributed by atoms with E-state index in [-0.39, 0.29) is 5.41 Å². The molecule has 0 unspecified atom stereocenters. The molecule has 0 spiro atoms. The fourth-order valence-corrected chi connectivity index (χ4v) is 2.15. The van der Waals surface area contributed by atoms with E-state index in [9.17, 15) is 0 Å². The van der Waals surface area contributed by atoms with E-state index in [0.29, 0.717) is 17.5 Å². The monoisotopic (exact) mass is 335 g/mol. The second kappa shape index (κ2) is 5.40. The minimum Gasteiger partial charge on any atom is -0.439 e. The molecule has 0 radical (unpaired) electrons. The van der Waals surface area contributed by atoms with Crippen molar-refractivity contribution < 1.29 is 4.74 Å². The first kappa shape index (κ1) is 14.8. The Morgan fingerprint density at radius 2 is 1.85 bits per heavy atom. The largest absolute Gasteiger partial charge is 0.439 e. The first-order valence-corrected chi connectivity index (χ1v) is 7.14. The molecule has 20 heavy (non-hydrogen) atoms. The lowest BCUT2D eigenvalue weighted by Crippen LogP contribution is -2.17. The summed E-state index contributed by atoms with van der Waals surface area (Å²) in [6, 6.07) is 7.45. The number of hydrogen-bond acceptors (Lipinski definition) is 4. The van der Waals surface area contributed by atoms with Crippen molar-refractivity contribution in [1.29, 1.82) is 0 Å². The number of anilines is 1. The van der Waals surface area contributed by atoms with E-state index in [1.165, 1.54) is 0 Å². The quantitative estimate of drug-likeness (QED) is 0.892. The van der Waals surface area contributed by atoms with Crippen LogP contribution in [0.15, 0.2) is 28.7 Å². The molecule has 106 valence electrons. The van der Waals surface area contributed by atoms with Gasteiger partial charge in [0.05, 0.1) is 0 Å². The summed E-state index contributed by atoms with van der Waals surface area (Å²) in [6.45, 7) is 8.10. The molecule has 0 amide bonds. The van der Waals surface area contributed by atoms with Gasteiger partial charge in [-0.1, -0.05) is 36.7 Å². The normalized spacial score (nSPS) is 11.4. The van der Waals surface area contributed by atoms with Gasteiger partial charge in [0.1, 0.15) is 17.4 Å². The maximum absolute atomic E-state index is 5.83. The summed E-state index contributed by atoms with van der Waals surface area (Å²) in [5, 5.41) is 0. The van der Waals surface area contributed by atoms with Crippen LogP contribution in [0.1, 0.15) is 32.2 Å². The SMILES string of the molecule is Cc1cc(Br)ccc1Oc1cc(N)nc(C(C)(C)C)n1. The van der Waals surface area contributed by atoms with Crippen LogP contribution in [0.5, 0.6) is 11.6 Å². The van der Waals surface area contributed by atoms with Crippen LogP contribution in [0.2, 0.25) is 0 Å². The highest BCUT2D eigenvalue weighted by Gasteiger charge is 2.19. The zero-order valence-electron chi connectivity index (χ0n) is 12.1. The van der Waals surface area contributed by atoms with Gasteiger partial charge in [0, 0.05) is 16.0 Å². The van der Waals surface area contributed by atoms with Crippen molar-refractivity contribution in [2.75, 3.05) is 5.73 Å². The van der Waals surface area contributed by atoms with Crippen LogP contribution >= 0.6 is 15.9 Å². The van der Waals surface area contributed by atoms with E-state index in [0.717, 1.165) is 15.8 Å². The third-order valence-corrected chi connectivity index (χ3v) is 3.24. The summed E-state index contributed by atoms with van der Waals surface area (Å²) in [5.41, 5.74) is 6.68. The van der Waals surface area contributed by atoms with Gasteiger partial charge in [0.25, 0.3) is 0 Å². The van der Waals surface area contributed by atoms with Gasteiger partial charge < -0.3 is 10.5 Å². The van der Waals surface area contributed by atoms with E-state index >= 15 is 0 Å². The van der Waals surface area contributed by atoms with Crippen molar-refractivity contribution in [2.24, 2.45) is 0 Å². The number of halogens is 1. The molecule has 2 aromatic rings. The highest BCUT2D eigenvalue weighted by Crippen LogP contribution is 2.28. The van der Waals surface area contributed by atoms with Gasteiger partial charge in [-0.05, 0) is 30.7 Å². The summed E-state index contributed by atoms with van der Waals surface area (Å²) >= 11 is 3.43. The van der Waals surface area contributed by atoms with Crippen molar-refractivity contribution in [2.45, 2.75) is 33.1 Å². The molecular formula is C15H18BrN3O. The number of nitrogens with two attached hydrogens (primary N) is 1. The fraction of sp³-hybridized carbons (Fsp3) is 0.333. The zero-order chi connectivity index (χ0) is 14.9. The average Bonchev–Trinajstić information content (AvgIpc) is 2.31. The summed E-state index contributed by atoms with van der Waals surface area (Å²) in [6.07, 6.45) is 0. The summed E-state index contributed by atoms with van der Waals surface area (Å²) < 4.78 is 6.84. The number of hydrogen-bond donors (Lipinski definition) is 1. The molecule has 0 aliphatic heterocycles. The average molecular weight is 336 g/mol. The lowest BCUT2D eigenvalue weighted by Gasteiger charge is -2.18. The van der Waals surface area contributed by atoms with Crippen LogP contribution in [-0.2, 0) is 5.41 Å². The maximum Gasteiger partial charge on any atom is 0.224 e. The Balaban J connectivity index is 2.36. The molecule has 2 N–H and O–H groups in total. The second-order valence-electron chi connectivity index (χ2n) is 5.72. The molecule has 0 bridgehead atoms. The lowest BCUT2D eigenvalue weighted by molar-refractivity contribution is 0.444. The zero-order valence-corrected chi connectivity index (χ0v) is 13.7. The van der Waals surface area contributed by atoms with Gasteiger partial charge >= 0.3 is 0 Å². The van der Waals surface area contributed by atoms with E-state index in [4.69, 9.17) is 10.5 Å². The maximum atomic E-state index is 5.83. The third-order valence-electron chi connectivity index (χ3n) is 2.74. The molecular weight excluding hydrogens is 318 g/mol. The van der Waals surface area contributed by atoms with Gasteiger partial charge in [-0.3, -0.25) is 0 Å². The van der Waals surface area contributed by atoms with Crippen molar-refractivity contribution >= 4 is 21.7 Å². The molecule has 0 saturated heterocycles. The minimum atomic E-state index is -0.178. The summed E-state index contributed by atoms with van der Waals surface area (Å²) in [4.78, 5) is 8.70. The Morgan fingerprint density at radius 3 is 2.45 bits per heavy atom. The van der Waals surface area contributed by atoms with Crippen LogP contribution in [0.3, 0.4) is 0 Å². The highest BCUT2D eigenvalue weighted by atomic mass is 79.9. The van der Waals surface area contributed by atoms with E-state index < -0.39 is 0 Å². The second-order valence-corrected chi connectivity index (χ2v) is 6.63. The Hall–Kier alpha value is -1.62. The molecule has 0 saturated carbocycles. The van der Waals surface area contributed by atoms with Gasteiger partial charge in [-0.25, -0.2) is 4.98 Å². The Bertz CT molecular complexity index is 636. The van der Waals surface area contributed by atoms with E-state index in [1.807, 2.05) is 45.9 Å². The van der Waals surface area contributed by atoms with Gasteiger partial charge in [0.2, 0.25) is 5.88 Å². The number of aromatic nitrogens is 2. The number of nitrogen functional groups attached to an aromatic ring is 1. The predicted molar refractivity (Wildman–Crippen MR) is 84.1 cm³/mol. The van der Waals surface area contributed by atoms with Crippen molar-refractivity contribution in [1.82, 2.24) is 9.97 Å². The van der Waals surface area contributed by atoms with Crippen LogP contribution in [0.4, 0.5) is 5.82 Å². The molecule has 0 aliphatic carbocycles. The smallest absolute Gasteiger partial charge is 0.224 e. The molecule has 1 aromatic heterocycles. The lowest BCUT2D eigenvalue weighted by atomic mass is 9.96. The molecule has 2 rings (SSSR count). The number of nitrogens with zero attached hydrogens (tertiary/aromatic N) is 2. The van der Waals surface area contributed by atoms with Crippen LogP contribution in [0.25, 0.3) is 0 Å². The first-order chi connectivity index (χ1) is 9.25. The number of aryl methyl sites for hydroxylation is 1. The van der Waals surface area contributed by atoms with E-state index in [2.05, 4.69) is 25.9 Å². The van der Waals surface area contributed by atoms with Gasteiger partial charge in [0.15, 0.2) is 0 Å². The highest BCUT2D eigenvalue weighted by molar-refractivity contribution is 9.10. The fourth-order valence-electron chi connectivity index (χ4n) is 1.67. The summed E-state index contributed by atoms with van der Waals surface area (Å²) in [5.74, 6) is 2.30. The first-order valence-electron chi connectivity index (χ1n) is 6.35. The molecule has 0 atom stereocenters. The van der Waals surface area contributed by atoms with Gasteiger partial charge in [-0.15, -0.1) is 0 Å². The topological polar surface area (TPSA) is 61.0 Å². The predicted octanol–water partition coefficient (Wildman–Crippen LogP) is 4.22. The minimum absolute atomic E-state index is 0.178. The third kappa shape index (κ3) is 3.48. The summed E-state index contributed by atoms with van der Waals surface area (Å²) in [7, 11) is 0. The van der Waals surface area contributed by atoms with Crippen molar-refractivity contribution in [3.05, 3.63) is 40.1 Å². The van der Waals surface area contributed by atoms with Crippen LogP contribution in [0, 0.1) is 6.92 Å². The molecule has 0 fully saturated rings. The number of benzene rings is 1. The standard InChI is InChI=1S/C15H18BrN3O/c1-9-7-10(16)5-6-11(9)20-13-8-12(17)18-14(19-13)15(2,3)4/h5-8H,1-4H3,(H2,17,18,19). The van der Waals surface area contributed by atoms with Crippen LogP contribution in [-0.4, -0.2) is 9.97 Å². The van der Waals surface area contributed by atoms with E-state index in [1.54, 1.807) is 6.07 Å². The Morgan fingerprint density at radius 1 is 1.15 bits per heavy atom. The van der Waals surface area contributed by atoms with Crippen molar-refractivity contribution in [3.8, 4) is 11.6 Å². The van der Waals surface area contributed by atoms with Crippen molar-refractivity contribution in [3.63, 3.8) is 0 Å². The Labute approximate surface area is 127 Å². The number of rotatable bonds is 2. The molecule has 1 heterocycles. The van der Waals surface area contributed by atoms with Crippen LogP contribution < -0.4 is 10.5 Å². The molecule has 0 aliphatic rings. The van der Waals surface area contributed by atoms with Gasteiger partial charge in [-0.2, -0.15) is 4.98 Å².